The molecule has 26 heavy (non-hydrogen) atoms. The second-order valence-electron chi connectivity index (χ2n) is 6.29. The van der Waals surface area contributed by atoms with Crippen LogP contribution in [0.1, 0.15) is 22.3 Å². The first-order valence-electron chi connectivity index (χ1n) is 8.01. The molecule has 2 heterocycles. The smallest absolute Gasteiger partial charge is 0.268 e. The summed E-state index contributed by atoms with van der Waals surface area (Å²) in [7, 11) is 0. The van der Waals surface area contributed by atoms with Crippen LogP contribution in [0.2, 0.25) is 0 Å². The van der Waals surface area contributed by atoms with Crippen molar-refractivity contribution in [3.8, 4) is 6.07 Å². The Morgan fingerprint density at radius 2 is 2.19 bits per heavy atom. The van der Waals surface area contributed by atoms with Crippen molar-refractivity contribution in [1.82, 2.24) is 15.2 Å². The lowest BCUT2D eigenvalue weighted by Crippen LogP contribution is -2.43. The van der Waals surface area contributed by atoms with Gasteiger partial charge in [0, 0.05) is 18.0 Å². The van der Waals surface area contributed by atoms with E-state index >= 15 is 0 Å². The first-order chi connectivity index (χ1) is 12.3. The molecule has 1 atom stereocenters. The van der Waals surface area contributed by atoms with Crippen molar-refractivity contribution in [2.75, 3.05) is 13.1 Å². The number of hydrogen-bond acceptors (Lipinski definition) is 4. The van der Waals surface area contributed by atoms with E-state index in [0.717, 1.165) is 10.5 Å². The third-order valence-electron chi connectivity index (χ3n) is 4.28. The highest BCUT2D eigenvalue weighted by Crippen LogP contribution is 2.31. The Balaban J connectivity index is 1.73. The van der Waals surface area contributed by atoms with Crippen LogP contribution >= 0.6 is 0 Å². The zero-order chi connectivity index (χ0) is 18.9. The van der Waals surface area contributed by atoms with Crippen molar-refractivity contribution in [3.05, 3.63) is 41.6 Å². The number of amides is 2. The second kappa shape index (κ2) is 6.67. The van der Waals surface area contributed by atoms with Crippen LogP contribution in [0.4, 0.5) is 8.78 Å². The van der Waals surface area contributed by atoms with E-state index in [9.17, 15) is 18.4 Å². The number of nitrogens with one attached hydrogen (secondary N) is 1. The van der Waals surface area contributed by atoms with Crippen LogP contribution in [-0.4, -0.2) is 46.8 Å². The predicted molar refractivity (Wildman–Crippen MR) is 89.5 cm³/mol. The molecule has 6 nitrogen and oxygen atoms in total. The Hall–Kier alpha value is -3.08. The molecule has 1 fully saturated rings. The molecule has 134 valence electrons. The maximum atomic E-state index is 13.4. The molecule has 0 aliphatic carbocycles. The Bertz CT molecular complexity index is 923. The van der Waals surface area contributed by atoms with Crippen molar-refractivity contribution in [2.45, 2.75) is 25.3 Å². The summed E-state index contributed by atoms with van der Waals surface area (Å²) in [5.41, 5.74) is 1.93. The van der Waals surface area contributed by atoms with Gasteiger partial charge >= 0.3 is 0 Å². The molecule has 0 bridgehead atoms. The van der Waals surface area contributed by atoms with E-state index in [2.05, 4.69) is 10.3 Å². The largest absolute Gasteiger partial charge is 0.343 e. The average molecular weight is 358 g/mol. The van der Waals surface area contributed by atoms with Gasteiger partial charge in [-0.25, -0.2) is 8.78 Å². The van der Waals surface area contributed by atoms with E-state index in [1.807, 2.05) is 19.1 Å². The zero-order valence-electron chi connectivity index (χ0n) is 14.0. The third kappa shape index (κ3) is 3.47. The fourth-order valence-corrected chi connectivity index (χ4v) is 3.01. The molecule has 1 aromatic heterocycles. The molecule has 1 aromatic carbocycles. The first-order valence-corrected chi connectivity index (χ1v) is 8.01. The fourth-order valence-electron chi connectivity index (χ4n) is 3.01. The van der Waals surface area contributed by atoms with Gasteiger partial charge in [-0.05, 0) is 25.1 Å². The number of rotatable bonds is 3. The summed E-state index contributed by atoms with van der Waals surface area (Å²) in [6.45, 7) is 0.618. The lowest BCUT2D eigenvalue weighted by Gasteiger charge is -2.19. The van der Waals surface area contributed by atoms with Crippen molar-refractivity contribution >= 4 is 22.7 Å². The molecular weight excluding hydrogens is 342 g/mol. The van der Waals surface area contributed by atoms with Gasteiger partial charge in [0.25, 0.3) is 11.8 Å². The Kier molecular flexibility index (Phi) is 4.55. The number of nitrogens with zero attached hydrogens (tertiary/aromatic N) is 3. The highest BCUT2D eigenvalue weighted by atomic mass is 19.3. The summed E-state index contributed by atoms with van der Waals surface area (Å²) in [5.74, 6) is -4.30. The number of benzene rings is 1. The van der Waals surface area contributed by atoms with Gasteiger partial charge in [0.15, 0.2) is 0 Å². The summed E-state index contributed by atoms with van der Waals surface area (Å²) < 4.78 is 26.9. The van der Waals surface area contributed by atoms with E-state index in [1.165, 1.54) is 12.3 Å². The van der Waals surface area contributed by atoms with Gasteiger partial charge < -0.3 is 10.2 Å². The first kappa shape index (κ1) is 17.7. The van der Waals surface area contributed by atoms with Gasteiger partial charge in [-0.1, -0.05) is 11.6 Å². The third-order valence-corrected chi connectivity index (χ3v) is 4.28. The van der Waals surface area contributed by atoms with Crippen molar-refractivity contribution in [2.24, 2.45) is 0 Å². The minimum absolute atomic E-state index is 0.343. The maximum absolute atomic E-state index is 13.4. The topological polar surface area (TPSA) is 86.1 Å². The molecule has 0 spiro atoms. The van der Waals surface area contributed by atoms with Crippen LogP contribution in [0, 0.1) is 18.3 Å². The highest BCUT2D eigenvalue weighted by molar-refractivity contribution is 6.07. The minimum atomic E-state index is -3.08. The molecule has 1 unspecified atom stereocenters. The van der Waals surface area contributed by atoms with Gasteiger partial charge in [-0.3, -0.25) is 14.6 Å². The van der Waals surface area contributed by atoms with Crippen molar-refractivity contribution < 1.29 is 18.4 Å². The molecule has 2 amide bonds. The van der Waals surface area contributed by atoms with Crippen molar-refractivity contribution in [1.29, 1.82) is 5.26 Å². The molecule has 1 aliphatic heterocycles. The Morgan fingerprint density at radius 3 is 2.92 bits per heavy atom. The number of nitriles is 1. The number of aryl methyl sites for hydroxylation is 1. The van der Waals surface area contributed by atoms with E-state index in [4.69, 9.17) is 5.26 Å². The van der Waals surface area contributed by atoms with E-state index in [0.29, 0.717) is 16.5 Å². The molecule has 2 aromatic rings. The summed E-state index contributed by atoms with van der Waals surface area (Å²) in [5, 5.41) is 12.0. The molecule has 0 radical (unpaired) electrons. The standard InChI is InChI=1S/C18H16F2N4O2/c1-11-2-3-15-14(6-11)13(4-5-22-15)17(26)23-9-16(25)24-10-18(19,20)7-12(24)8-21/h2-6,12H,7,9-10H2,1H3,(H,23,26). The molecule has 1 saturated heterocycles. The van der Waals surface area contributed by atoms with Crippen LogP contribution in [0.15, 0.2) is 30.5 Å². The molecule has 1 aliphatic rings. The number of hydrogen-bond donors (Lipinski definition) is 1. The minimum Gasteiger partial charge on any atom is -0.343 e. The van der Waals surface area contributed by atoms with Crippen LogP contribution in [0.3, 0.4) is 0 Å². The summed E-state index contributed by atoms with van der Waals surface area (Å²) in [6, 6.07) is 7.52. The van der Waals surface area contributed by atoms with E-state index < -0.39 is 43.3 Å². The lowest BCUT2D eigenvalue weighted by molar-refractivity contribution is -0.131. The number of fused-ring (bicyclic) bond motifs is 1. The van der Waals surface area contributed by atoms with Gasteiger partial charge in [-0.2, -0.15) is 5.26 Å². The van der Waals surface area contributed by atoms with Gasteiger partial charge in [-0.15, -0.1) is 0 Å². The van der Waals surface area contributed by atoms with Crippen LogP contribution < -0.4 is 5.32 Å². The predicted octanol–water partition coefficient (Wildman–Crippen LogP) is 2.03. The van der Waals surface area contributed by atoms with Gasteiger partial charge in [0.1, 0.15) is 6.04 Å². The Morgan fingerprint density at radius 1 is 1.42 bits per heavy atom. The van der Waals surface area contributed by atoms with Crippen LogP contribution in [0.25, 0.3) is 10.9 Å². The number of alkyl halides is 2. The molecular formula is C18H16F2N4O2. The molecule has 3 rings (SSSR count). The fraction of sp³-hybridized carbons (Fsp3) is 0.333. The quantitative estimate of drug-likeness (QED) is 0.910. The lowest BCUT2D eigenvalue weighted by atomic mass is 10.1. The van der Waals surface area contributed by atoms with Gasteiger partial charge in [0.05, 0.1) is 30.2 Å². The second-order valence-corrected chi connectivity index (χ2v) is 6.29. The highest BCUT2D eigenvalue weighted by Gasteiger charge is 2.47. The van der Waals surface area contributed by atoms with E-state index in [-0.39, 0.29) is 0 Å². The SMILES string of the molecule is Cc1ccc2nccc(C(=O)NCC(=O)N3CC(F)(F)CC3C#N)c2c1. The number of aromatic nitrogens is 1. The number of halogens is 2. The zero-order valence-corrected chi connectivity index (χ0v) is 14.0. The molecule has 8 heteroatoms. The van der Waals surface area contributed by atoms with Crippen LogP contribution in [-0.2, 0) is 4.79 Å². The monoisotopic (exact) mass is 358 g/mol. The maximum Gasteiger partial charge on any atom is 0.268 e. The van der Waals surface area contributed by atoms with Crippen molar-refractivity contribution in [3.63, 3.8) is 0 Å². The van der Waals surface area contributed by atoms with Gasteiger partial charge in [0.2, 0.25) is 5.91 Å². The van der Waals surface area contributed by atoms with E-state index in [1.54, 1.807) is 12.1 Å². The number of pyridine rings is 1. The summed E-state index contributed by atoms with van der Waals surface area (Å²) in [6.07, 6.45) is 0.804. The summed E-state index contributed by atoms with van der Waals surface area (Å²) >= 11 is 0. The average Bonchev–Trinajstić information content (AvgIpc) is 2.93. The Labute approximate surface area is 148 Å². The number of likely N-dealkylation sites (tertiary alicyclic amines) is 1. The molecule has 0 saturated carbocycles. The summed E-state index contributed by atoms with van der Waals surface area (Å²) in [4.78, 5) is 29.6. The molecule has 1 N–H and O–H groups in total. The number of carbonyl (C=O) groups is 2. The normalized spacial score (nSPS) is 18.5. The number of carbonyl (C=O) groups excluding carboxylic acids is 2. The van der Waals surface area contributed by atoms with Crippen LogP contribution in [0.5, 0.6) is 0 Å².